The lowest BCUT2D eigenvalue weighted by molar-refractivity contribution is 0.0692. The second kappa shape index (κ2) is 5.44. The molecule has 0 aromatic heterocycles. The summed E-state index contributed by atoms with van der Waals surface area (Å²) in [4.78, 5) is 10.8. The summed E-state index contributed by atoms with van der Waals surface area (Å²) in [6.45, 7) is 0. The molecule has 2 rings (SSSR count). The highest BCUT2D eigenvalue weighted by Gasteiger charge is 2.22. The van der Waals surface area contributed by atoms with E-state index in [2.05, 4.69) is 0 Å². The lowest BCUT2D eigenvalue weighted by Gasteiger charge is -2.10. The predicted octanol–water partition coefficient (Wildman–Crippen LogP) is 1.62. The zero-order chi connectivity index (χ0) is 14.8. The van der Waals surface area contributed by atoms with E-state index >= 15 is 0 Å². The Labute approximate surface area is 116 Å². The molecule has 0 aliphatic rings. The van der Waals surface area contributed by atoms with Crippen LogP contribution >= 0.6 is 0 Å². The summed E-state index contributed by atoms with van der Waals surface area (Å²) in [5.74, 6) is -1.32. The van der Waals surface area contributed by atoms with Crippen LogP contribution in [-0.2, 0) is 16.4 Å². The highest BCUT2D eigenvalue weighted by atomic mass is 32.2. The highest BCUT2D eigenvalue weighted by molar-refractivity contribution is 7.89. The highest BCUT2D eigenvalue weighted by Crippen LogP contribution is 2.22. The van der Waals surface area contributed by atoms with Crippen molar-refractivity contribution in [3.8, 4) is 0 Å². The maximum Gasteiger partial charge on any atom is 0.337 e. The van der Waals surface area contributed by atoms with Gasteiger partial charge in [0.05, 0.1) is 10.5 Å². The number of hydrogen-bond donors (Lipinski definition) is 2. The van der Waals surface area contributed by atoms with Crippen molar-refractivity contribution in [3.63, 3.8) is 0 Å². The van der Waals surface area contributed by atoms with Crippen LogP contribution in [-0.4, -0.2) is 19.5 Å². The van der Waals surface area contributed by atoms with Crippen molar-refractivity contribution in [3.05, 3.63) is 65.2 Å². The van der Waals surface area contributed by atoms with Gasteiger partial charge in [0.1, 0.15) is 0 Å². The topological polar surface area (TPSA) is 97.5 Å². The molecular formula is C14H13NO4S. The van der Waals surface area contributed by atoms with Gasteiger partial charge in [0, 0.05) is 0 Å². The van der Waals surface area contributed by atoms with E-state index in [-0.39, 0.29) is 10.5 Å². The van der Waals surface area contributed by atoms with Crippen molar-refractivity contribution >= 4 is 16.0 Å². The quantitative estimate of drug-likeness (QED) is 0.894. The van der Waals surface area contributed by atoms with E-state index in [4.69, 9.17) is 10.2 Å². The molecule has 0 heterocycles. The number of aromatic carboxylic acids is 1. The SMILES string of the molecule is NS(=O)(=O)c1c(Cc2ccccc2)cccc1C(=O)O. The summed E-state index contributed by atoms with van der Waals surface area (Å²) < 4.78 is 23.4. The van der Waals surface area contributed by atoms with Gasteiger partial charge in [-0.15, -0.1) is 0 Å². The molecule has 20 heavy (non-hydrogen) atoms. The van der Waals surface area contributed by atoms with Gasteiger partial charge < -0.3 is 5.11 Å². The van der Waals surface area contributed by atoms with Gasteiger partial charge in [-0.3, -0.25) is 0 Å². The normalized spacial score (nSPS) is 11.2. The number of benzene rings is 2. The van der Waals surface area contributed by atoms with Gasteiger partial charge in [0.2, 0.25) is 10.0 Å². The third-order valence-corrected chi connectivity index (χ3v) is 3.90. The van der Waals surface area contributed by atoms with Crippen LogP contribution in [0.15, 0.2) is 53.4 Å². The van der Waals surface area contributed by atoms with Crippen molar-refractivity contribution in [2.75, 3.05) is 0 Å². The molecule has 6 heteroatoms. The number of carboxylic acid groups (broad SMARTS) is 1. The molecule has 0 amide bonds. The first-order valence-electron chi connectivity index (χ1n) is 5.81. The van der Waals surface area contributed by atoms with E-state index in [1.54, 1.807) is 6.07 Å². The third-order valence-electron chi connectivity index (χ3n) is 2.85. The summed E-state index contributed by atoms with van der Waals surface area (Å²) in [7, 11) is -4.11. The van der Waals surface area contributed by atoms with Crippen molar-refractivity contribution in [2.45, 2.75) is 11.3 Å². The minimum Gasteiger partial charge on any atom is -0.478 e. The summed E-state index contributed by atoms with van der Waals surface area (Å²) in [6, 6.07) is 13.5. The van der Waals surface area contributed by atoms with Gasteiger partial charge in [-0.2, -0.15) is 0 Å². The number of sulfonamides is 1. The Kier molecular flexibility index (Phi) is 3.87. The van der Waals surface area contributed by atoms with Crippen molar-refractivity contribution in [1.29, 1.82) is 0 Å². The number of primary sulfonamides is 1. The lowest BCUT2D eigenvalue weighted by Crippen LogP contribution is -2.19. The Bertz CT molecular complexity index is 739. The molecule has 0 saturated heterocycles. The fourth-order valence-electron chi connectivity index (χ4n) is 2.04. The molecule has 0 aliphatic carbocycles. The first-order chi connectivity index (χ1) is 9.39. The Morgan fingerprint density at radius 3 is 2.25 bits per heavy atom. The molecular weight excluding hydrogens is 278 g/mol. The van der Waals surface area contributed by atoms with Crippen LogP contribution in [0.4, 0.5) is 0 Å². The molecule has 0 unspecified atom stereocenters. The summed E-state index contributed by atoms with van der Waals surface area (Å²) in [5.41, 5.74) is 0.944. The fourth-order valence-corrected chi connectivity index (χ4v) is 3.01. The van der Waals surface area contributed by atoms with Crippen LogP contribution < -0.4 is 5.14 Å². The predicted molar refractivity (Wildman–Crippen MR) is 74.0 cm³/mol. The van der Waals surface area contributed by atoms with Gasteiger partial charge in [0.15, 0.2) is 0 Å². The lowest BCUT2D eigenvalue weighted by atomic mass is 10.0. The average Bonchev–Trinajstić information content (AvgIpc) is 2.38. The summed E-state index contributed by atoms with van der Waals surface area (Å²) in [5, 5.41) is 14.3. The number of hydrogen-bond acceptors (Lipinski definition) is 3. The van der Waals surface area contributed by atoms with Crippen LogP contribution in [0.5, 0.6) is 0 Å². The van der Waals surface area contributed by atoms with E-state index in [0.29, 0.717) is 12.0 Å². The molecule has 0 atom stereocenters. The average molecular weight is 291 g/mol. The van der Waals surface area contributed by atoms with Crippen molar-refractivity contribution in [2.24, 2.45) is 5.14 Å². The molecule has 0 aliphatic heterocycles. The Morgan fingerprint density at radius 1 is 1.05 bits per heavy atom. The van der Waals surface area contributed by atoms with E-state index in [1.807, 2.05) is 30.3 Å². The summed E-state index contributed by atoms with van der Waals surface area (Å²) >= 11 is 0. The second-order valence-electron chi connectivity index (χ2n) is 4.31. The molecule has 104 valence electrons. The molecule has 2 aromatic carbocycles. The number of carbonyl (C=O) groups is 1. The molecule has 0 radical (unpaired) electrons. The molecule has 0 saturated carbocycles. The Hall–Kier alpha value is -2.18. The van der Waals surface area contributed by atoms with E-state index < -0.39 is 16.0 Å². The molecule has 3 N–H and O–H groups in total. The van der Waals surface area contributed by atoms with Gasteiger partial charge in [-0.1, -0.05) is 42.5 Å². The maximum atomic E-state index is 11.7. The van der Waals surface area contributed by atoms with Gasteiger partial charge in [0.25, 0.3) is 0 Å². The van der Waals surface area contributed by atoms with Crippen LogP contribution in [0.1, 0.15) is 21.5 Å². The van der Waals surface area contributed by atoms with Crippen LogP contribution in [0.2, 0.25) is 0 Å². The third kappa shape index (κ3) is 3.04. The zero-order valence-electron chi connectivity index (χ0n) is 10.5. The second-order valence-corrected chi connectivity index (χ2v) is 5.80. The first kappa shape index (κ1) is 14.2. The molecule has 0 bridgehead atoms. The van der Waals surface area contributed by atoms with Gasteiger partial charge in [-0.25, -0.2) is 18.4 Å². The summed E-state index contributed by atoms with van der Waals surface area (Å²) in [6.07, 6.45) is 0.299. The van der Waals surface area contributed by atoms with E-state index in [0.717, 1.165) is 5.56 Å². The molecule has 0 spiro atoms. The van der Waals surface area contributed by atoms with Crippen molar-refractivity contribution in [1.82, 2.24) is 0 Å². The van der Waals surface area contributed by atoms with Crippen LogP contribution in [0.3, 0.4) is 0 Å². The minimum atomic E-state index is -4.11. The molecule has 0 fully saturated rings. The van der Waals surface area contributed by atoms with Crippen LogP contribution in [0.25, 0.3) is 0 Å². The van der Waals surface area contributed by atoms with E-state index in [9.17, 15) is 13.2 Å². The maximum absolute atomic E-state index is 11.7. The monoisotopic (exact) mass is 291 g/mol. The number of rotatable bonds is 4. The molecule has 5 nitrogen and oxygen atoms in total. The van der Waals surface area contributed by atoms with Gasteiger partial charge >= 0.3 is 5.97 Å². The number of nitrogens with two attached hydrogens (primary N) is 1. The van der Waals surface area contributed by atoms with E-state index in [1.165, 1.54) is 12.1 Å². The van der Waals surface area contributed by atoms with Crippen LogP contribution in [0, 0.1) is 0 Å². The molecule has 2 aromatic rings. The standard InChI is InChI=1S/C14H13NO4S/c15-20(18,19)13-11(7-4-8-12(13)14(16)17)9-10-5-2-1-3-6-10/h1-8H,9H2,(H,16,17)(H2,15,18,19). The first-order valence-corrected chi connectivity index (χ1v) is 7.36. The largest absolute Gasteiger partial charge is 0.478 e. The number of carboxylic acids is 1. The smallest absolute Gasteiger partial charge is 0.337 e. The Morgan fingerprint density at radius 2 is 1.70 bits per heavy atom. The Balaban J connectivity index is 2.59. The zero-order valence-corrected chi connectivity index (χ0v) is 11.3. The fraction of sp³-hybridized carbons (Fsp3) is 0.0714. The minimum absolute atomic E-state index is 0.299. The van der Waals surface area contributed by atoms with Gasteiger partial charge in [-0.05, 0) is 23.6 Å². The van der Waals surface area contributed by atoms with Crippen molar-refractivity contribution < 1.29 is 18.3 Å².